The van der Waals surface area contributed by atoms with E-state index < -0.39 is 10.0 Å². The number of sulfonamides is 1. The van der Waals surface area contributed by atoms with Crippen LogP contribution in [0.3, 0.4) is 0 Å². The lowest BCUT2D eigenvalue weighted by atomic mass is 10.4. The van der Waals surface area contributed by atoms with E-state index in [1.165, 1.54) is 0 Å². The normalized spacial score (nSPS) is 11.8. The lowest BCUT2D eigenvalue weighted by molar-refractivity contribution is 0.392. The van der Waals surface area contributed by atoms with E-state index >= 15 is 0 Å². The Morgan fingerprint density at radius 2 is 2.35 bits per heavy atom. The van der Waals surface area contributed by atoms with Crippen molar-refractivity contribution >= 4 is 10.0 Å². The molecule has 0 aliphatic carbocycles. The van der Waals surface area contributed by atoms with Crippen molar-refractivity contribution in [2.75, 3.05) is 0 Å². The molecule has 0 aliphatic heterocycles. The summed E-state index contributed by atoms with van der Waals surface area (Å²) < 4.78 is 30.4. The summed E-state index contributed by atoms with van der Waals surface area (Å²) in [5, 5.41) is 16.4. The highest BCUT2D eigenvalue weighted by Gasteiger charge is 2.15. The van der Waals surface area contributed by atoms with Gasteiger partial charge in [-0.15, -0.1) is 10.2 Å². The minimum Gasteiger partial charge on any atom is -0.361 e. The van der Waals surface area contributed by atoms with Crippen LogP contribution in [0.1, 0.15) is 17.3 Å². The van der Waals surface area contributed by atoms with Crippen molar-refractivity contribution in [3.63, 3.8) is 0 Å². The van der Waals surface area contributed by atoms with Crippen LogP contribution in [0.2, 0.25) is 0 Å². The fourth-order valence-corrected chi connectivity index (χ4v) is 2.14. The molecular formula is C7H10N6O3S. The van der Waals surface area contributed by atoms with Gasteiger partial charge >= 0.3 is 0 Å². The Labute approximate surface area is 96.6 Å². The fourth-order valence-electron chi connectivity index (χ4n) is 1.16. The summed E-state index contributed by atoms with van der Waals surface area (Å²) in [6.07, 6.45) is 0. The molecule has 92 valence electrons. The molecule has 0 spiro atoms. The maximum Gasteiger partial charge on any atom is 0.217 e. The zero-order chi connectivity index (χ0) is 12.3. The molecule has 10 heteroatoms. The average Bonchev–Trinajstić information content (AvgIpc) is 2.86. The quantitative estimate of drug-likeness (QED) is 0.712. The van der Waals surface area contributed by atoms with E-state index in [2.05, 4.69) is 30.5 Å². The molecule has 17 heavy (non-hydrogen) atoms. The number of nitrogens with zero attached hydrogens (tertiary/aromatic N) is 4. The number of hydrogen-bond acceptors (Lipinski definition) is 7. The van der Waals surface area contributed by atoms with Gasteiger partial charge in [0.1, 0.15) is 17.2 Å². The Balaban J connectivity index is 1.95. The van der Waals surface area contributed by atoms with Gasteiger partial charge in [-0.2, -0.15) is 5.21 Å². The van der Waals surface area contributed by atoms with Gasteiger partial charge in [-0.05, 0) is 6.92 Å². The Hall–Kier alpha value is -1.81. The standard InChI is InChI=1S/C7H10N6O3S/c1-5-2-6(11-16-5)4-17(14,15)8-3-7-9-12-13-10-7/h2,8H,3-4H2,1H3,(H,9,10,12,13). The van der Waals surface area contributed by atoms with E-state index in [0.29, 0.717) is 11.5 Å². The Morgan fingerprint density at radius 1 is 1.53 bits per heavy atom. The van der Waals surface area contributed by atoms with Gasteiger partial charge in [0.2, 0.25) is 10.0 Å². The van der Waals surface area contributed by atoms with Gasteiger partial charge in [-0.3, -0.25) is 0 Å². The predicted octanol–water partition coefficient (Wildman–Crippen LogP) is -0.884. The topological polar surface area (TPSA) is 127 Å². The summed E-state index contributed by atoms with van der Waals surface area (Å²) in [5.74, 6) is 0.584. The summed E-state index contributed by atoms with van der Waals surface area (Å²) in [5.41, 5.74) is 0.350. The van der Waals surface area contributed by atoms with Crippen LogP contribution in [0.25, 0.3) is 0 Å². The Bertz CT molecular complexity index is 575. The lowest BCUT2D eigenvalue weighted by Gasteiger charge is -2.01. The van der Waals surface area contributed by atoms with Crippen LogP contribution in [-0.4, -0.2) is 34.2 Å². The molecule has 0 saturated heterocycles. The number of nitrogens with one attached hydrogen (secondary N) is 2. The third-order valence-corrected chi connectivity index (χ3v) is 3.11. The second-order valence-electron chi connectivity index (χ2n) is 3.34. The maximum absolute atomic E-state index is 11.6. The molecule has 0 radical (unpaired) electrons. The minimum atomic E-state index is -3.49. The van der Waals surface area contributed by atoms with Crippen LogP contribution >= 0.6 is 0 Å². The highest BCUT2D eigenvalue weighted by atomic mass is 32.2. The number of hydrogen-bond donors (Lipinski definition) is 2. The van der Waals surface area contributed by atoms with Crippen LogP contribution in [0.5, 0.6) is 0 Å². The summed E-state index contributed by atoms with van der Waals surface area (Å²) >= 11 is 0. The van der Waals surface area contributed by atoms with Crippen molar-refractivity contribution < 1.29 is 12.9 Å². The van der Waals surface area contributed by atoms with Gasteiger partial charge in [0.05, 0.1) is 6.54 Å². The van der Waals surface area contributed by atoms with E-state index in [1.54, 1.807) is 13.0 Å². The Morgan fingerprint density at radius 3 is 2.94 bits per heavy atom. The first-order valence-corrected chi connectivity index (χ1v) is 6.32. The zero-order valence-corrected chi connectivity index (χ0v) is 9.73. The minimum absolute atomic E-state index is 0.0182. The predicted molar refractivity (Wildman–Crippen MR) is 54.9 cm³/mol. The summed E-state index contributed by atoms with van der Waals surface area (Å²) in [6, 6.07) is 1.56. The van der Waals surface area contributed by atoms with E-state index in [-0.39, 0.29) is 18.1 Å². The number of aryl methyl sites for hydroxylation is 1. The van der Waals surface area contributed by atoms with Crippen molar-refractivity contribution in [1.82, 2.24) is 30.5 Å². The number of rotatable bonds is 5. The molecule has 0 amide bonds. The van der Waals surface area contributed by atoms with Crippen molar-refractivity contribution in [2.45, 2.75) is 19.2 Å². The van der Waals surface area contributed by atoms with Crippen LogP contribution in [0.15, 0.2) is 10.6 Å². The molecule has 2 rings (SSSR count). The Kier molecular flexibility index (Phi) is 3.15. The first-order chi connectivity index (χ1) is 8.05. The highest BCUT2D eigenvalue weighted by Crippen LogP contribution is 2.05. The van der Waals surface area contributed by atoms with Crippen molar-refractivity contribution in [3.8, 4) is 0 Å². The SMILES string of the molecule is Cc1cc(CS(=O)(=O)NCc2nn[nH]n2)no1. The highest BCUT2D eigenvalue weighted by molar-refractivity contribution is 7.88. The number of aromatic amines is 1. The third-order valence-electron chi connectivity index (χ3n) is 1.85. The second kappa shape index (κ2) is 4.59. The van der Waals surface area contributed by atoms with Crippen molar-refractivity contribution in [2.24, 2.45) is 0 Å². The summed E-state index contributed by atoms with van der Waals surface area (Å²) in [7, 11) is -3.49. The molecule has 0 fully saturated rings. The molecule has 2 aromatic heterocycles. The van der Waals surface area contributed by atoms with Gasteiger partial charge in [0.25, 0.3) is 0 Å². The zero-order valence-electron chi connectivity index (χ0n) is 8.91. The van der Waals surface area contributed by atoms with Gasteiger partial charge in [-0.25, -0.2) is 13.1 Å². The molecule has 2 aromatic rings. The van der Waals surface area contributed by atoms with Gasteiger partial charge in [0.15, 0.2) is 5.82 Å². The molecule has 0 bridgehead atoms. The first-order valence-electron chi connectivity index (χ1n) is 4.67. The van der Waals surface area contributed by atoms with Crippen LogP contribution in [0.4, 0.5) is 0 Å². The molecule has 0 aromatic carbocycles. The molecule has 0 saturated carbocycles. The maximum atomic E-state index is 11.6. The van der Waals surface area contributed by atoms with Crippen molar-refractivity contribution in [3.05, 3.63) is 23.3 Å². The van der Waals surface area contributed by atoms with Gasteiger partial charge in [0, 0.05) is 6.07 Å². The van der Waals surface area contributed by atoms with E-state index in [1.807, 2.05) is 0 Å². The number of tetrazole rings is 1. The third kappa shape index (κ3) is 3.32. The van der Waals surface area contributed by atoms with Crippen LogP contribution < -0.4 is 4.72 Å². The summed E-state index contributed by atoms with van der Waals surface area (Å²) in [6.45, 7) is 1.67. The molecule has 2 N–H and O–H groups in total. The second-order valence-corrected chi connectivity index (χ2v) is 5.14. The van der Waals surface area contributed by atoms with Crippen LogP contribution in [-0.2, 0) is 22.3 Å². The molecule has 0 atom stereocenters. The largest absolute Gasteiger partial charge is 0.361 e. The average molecular weight is 258 g/mol. The monoisotopic (exact) mass is 258 g/mol. The van der Waals surface area contributed by atoms with Gasteiger partial charge in [-0.1, -0.05) is 10.4 Å². The number of aromatic nitrogens is 5. The van der Waals surface area contributed by atoms with Crippen molar-refractivity contribution in [1.29, 1.82) is 0 Å². The smallest absolute Gasteiger partial charge is 0.217 e. The molecule has 0 aliphatic rings. The van der Waals surface area contributed by atoms with Gasteiger partial charge < -0.3 is 4.52 Å². The number of H-pyrrole nitrogens is 1. The first kappa shape index (κ1) is 11.7. The van der Waals surface area contributed by atoms with E-state index in [0.717, 1.165) is 0 Å². The molecule has 2 heterocycles. The van der Waals surface area contributed by atoms with Crippen LogP contribution in [0, 0.1) is 6.92 Å². The fraction of sp³-hybridized carbons (Fsp3) is 0.429. The summed E-state index contributed by atoms with van der Waals surface area (Å²) in [4.78, 5) is 0. The molecular weight excluding hydrogens is 248 g/mol. The molecule has 9 nitrogen and oxygen atoms in total. The lowest BCUT2D eigenvalue weighted by Crippen LogP contribution is -2.25. The van der Waals surface area contributed by atoms with E-state index in [4.69, 9.17) is 4.52 Å². The van der Waals surface area contributed by atoms with E-state index in [9.17, 15) is 8.42 Å². The molecule has 0 unspecified atom stereocenters.